The summed E-state index contributed by atoms with van der Waals surface area (Å²) < 4.78 is 5.24. The summed E-state index contributed by atoms with van der Waals surface area (Å²) in [4.78, 5) is 2.23. The van der Waals surface area contributed by atoms with Crippen molar-refractivity contribution in [1.29, 1.82) is 0 Å². The zero-order valence-electron chi connectivity index (χ0n) is 18.3. The molecule has 0 unspecified atom stereocenters. The molecule has 2 heterocycles. The van der Waals surface area contributed by atoms with Gasteiger partial charge in [0.05, 0.1) is 18.2 Å². The van der Waals surface area contributed by atoms with E-state index in [9.17, 15) is 5.11 Å². The van der Waals surface area contributed by atoms with Crippen molar-refractivity contribution in [2.24, 2.45) is 0 Å². The molecule has 1 aliphatic heterocycles. The van der Waals surface area contributed by atoms with Crippen molar-refractivity contribution in [3.63, 3.8) is 0 Å². The topological polar surface area (TPSA) is 70.5 Å². The third-order valence-electron chi connectivity index (χ3n) is 6.07. The van der Waals surface area contributed by atoms with E-state index in [2.05, 4.69) is 44.7 Å². The molecule has 1 aromatic heterocycles. The average molecular weight is 485 g/mol. The Morgan fingerprint density at radius 2 is 1.73 bits per heavy atom. The van der Waals surface area contributed by atoms with Gasteiger partial charge in [-0.1, -0.05) is 41.9 Å². The van der Waals surface area contributed by atoms with E-state index >= 15 is 0 Å². The third kappa shape index (κ3) is 4.78. The van der Waals surface area contributed by atoms with Crippen LogP contribution in [-0.4, -0.2) is 41.6 Å². The summed E-state index contributed by atoms with van der Waals surface area (Å²) in [6, 6.07) is 18.4. The van der Waals surface area contributed by atoms with Crippen LogP contribution in [0, 0.1) is 0 Å². The number of nitrogens with one attached hydrogen (secondary N) is 1. The average Bonchev–Trinajstić information content (AvgIpc) is 2.82. The van der Waals surface area contributed by atoms with Gasteiger partial charge < -0.3 is 20.1 Å². The van der Waals surface area contributed by atoms with Crippen molar-refractivity contribution in [3.05, 3.63) is 65.2 Å². The number of methoxy groups -OCH3 is 1. The van der Waals surface area contributed by atoms with Crippen molar-refractivity contribution in [2.45, 2.75) is 25.5 Å². The fourth-order valence-corrected chi connectivity index (χ4v) is 4.55. The largest absolute Gasteiger partial charge is 0.495 e. The summed E-state index contributed by atoms with van der Waals surface area (Å²) in [5, 5.41) is 27.5. The van der Waals surface area contributed by atoms with Crippen LogP contribution in [0.4, 0.5) is 11.6 Å². The smallest absolute Gasteiger partial charge is 0.159 e. The number of hydrogen-bond donors (Lipinski definition) is 2. The zero-order chi connectivity index (χ0) is 22.1. The van der Waals surface area contributed by atoms with Crippen molar-refractivity contribution < 1.29 is 9.84 Å². The first-order valence-electron chi connectivity index (χ1n) is 10.8. The van der Waals surface area contributed by atoms with E-state index in [4.69, 9.17) is 16.3 Å². The number of benzene rings is 3. The van der Waals surface area contributed by atoms with Crippen LogP contribution in [0.3, 0.4) is 0 Å². The van der Waals surface area contributed by atoms with Gasteiger partial charge in [0.2, 0.25) is 0 Å². The molecule has 3 aromatic carbocycles. The van der Waals surface area contributed by atoms with Gasteiger partial charge in [0, 0.05) is 30.4 Å². The van der Waals surface area contributed by atoms with Gasteiger partial charge in [0.15, 0.2) is 11.6 Å². The van der Waals surface area contributed by atoms with Crippen LogP contribution < -0.4 is 15.0 Å². The Bertz CT molecular complexity index is 1280. The fraction of sp³-hybridized carbons (Fsp3) is 0.280. The fourth-order valence-electron chi connectivity index (χ4n) is 4.27. The first kappa shape index (κ1) is 23.4. The molecule has 4 aromatic rings. The van der Waals surface area contributed by atoms with E-state index in [1.54, 1.807) is 7.11 Å². The Morgan fingerprint density at radius 1 is 1.03 bits per heavy atom. The number of ether oxygens (including phenoxy) is 1. The molecule has 1 saturated heterocycles. The van der Waals surface area contributed by atoms with Crippen LogP contribution in [0.2, 0.25) is 5.02 Å². The summed E-state index contributed by atoms with van der Waals surface area (Å²) in [5.41, 5.74) is 1.03. The molecule has 0 saturated carbocycles. The minimum Gasteiger partial charge on any atom is -0.495 e. The summed E-state index contributed by atoms with van der Waals surface area (Å²) in [7, 11) is 1.61. The van der Waals surface area contributed by atoms with Crippen LogP contribution in [0.15, 0.2) is 54.6 Å². The molecule has 5 rings (SSSR count). The maximum absolute atomic E-state index is 9.91. The molecule has 172 valence electrons. The lowest BCUT2D eigenvalue weighted by Gasteiger charge is -2.31. The van der Waals surface area contributed by atoms with E-state index in [0.29, 0.717) is 17.3 Å². The molecule has 0 spiro atoms. The second-order valence-corrected chi connectivity index (χ2v) is 8.57. The minimum atomic E-state index is -0.233. The van der Waals surface area contributed by atoms with Gasteiger partial charge in [-0.15, -0.1) is 22.6 Å². The second kappa shape index (κ2) is 10.00. The number of piperidine rings is 1. The van der Waals surface area contributed by atoms with Crippen LogP contribution in [0.1, 0.15) is 18.4 Å². The molecule has 0 atom stereocenters. The number of aliphatic hydroxyl groups excluding tert-OH is 1. The lowest BCUT2D eigenvalue weighted by Crippen LogP contribution is -2.36. The van der Waals surface area contributed by atoms with Gasteiger partial charge in [-0.2, -0.15) is 0 Å². The summed E-state index contributed by atoms with van der Waals surface area (Å²) in [5.74, 6) is 2.26. The molecule has 8 heteroatoms. The predicted molar refractivity (Wildman–Crippen MR) is 137 cm³/mol. The number of halogens is 2. The van der Waals surface area contributed by atoms with Crippen LogP contribution in [0.25, 0.3) is 21.5 Å². The normalized spacial score (nSPS) is 14.3. The first-order chi connectivity index (χ1) is 15.6. The number of aliphatic hydroxyl groups is 1. The molecule has 1 aliphatic rings. The van der Waals surface area contributed by atoms with Gasteiger partial charge in [-0.3, -0.25) is 0 Å². The van der Waals surface area contributed by atoms with Gasteiger partial charge in [0.1, 0.15) is 5.75 Å². The van der Waals surface area contributed by atoms with Crippen molar-refractivity contribution >= 4 is 57.2 Å². The van der Waals surface area contributed by atoms with Crippen molar-refractivity contribution in [1.82, 2.24) is 10.2 Å². The Labute approximate surface area is 203 Å². The molecule has 0 radical (unpaired) electrons. The maximum atomic E-state index is 9.91. The van der Waals surface area contributed by atoms with E-state index in [0.717, 1.165) is 59.3 Å². The van der Waals surface area contributed by atoms with Crippen molar-refractivity contribution in [3.8, 4) is 5.75 Å². The van der Waals surface area contributed by atoms with Crippen molar-refractivity contribution in [2.75, 3.05) is 30.4 Å². The highest BCUT2D eigenvalue weighted by molar-refractivity contribution is 6.32. The number of hydrogen-bond acceptors (Lipinski definition) is 6. The molecule has 33 heavy (non-hydrogen) atoms. The Kier molecular flexibility index (Phi) is 7.08. The SMILES string of the molecule is COc1ccc(CNc2nnc(N3CCC(O)CC3)c3cc4ccccc4cc23)cc1Cl.Cl. The Hall–Kier alpha value is -2.80. The van der Waals surface area contributed by atoms with Gasteiger partial charge in [-0.05, 0) is 53.4 Å². The summed E-state index contributed by atoms with van der Waals surface area (Å²) in [6.45, 7) is 2.11. The highest BCUT2D eigenvalue weighted by atomic mass is 35.5. The number of nitrogens with zero attached hydrogens (tertiary/aromatic N) is 3. The van der Waals surface area contributed by atoms with Crippen LogP contribution >= 0.6 is 24.0 Å². The Morgan fingerprint density at radius 3 is 2.39 bits per heavy atom. The molecule has 0 bridgehead atoms. The molecule has 0 aliphatic carbocycles. The molecule has 2 N–H and O–H groups in total. The second-order valence-electron chi connectivity index (χ2n) is 8.16. The zero-order valence-corrected chi connectivity index (χ0v) is 19.9. The molecule has 1 fully saturated rings. The standard InChI is InChI=1S/C25H25ClN4O2.ClH/c1-32-23-7-6-16(12-22(23)26)15-27-24-20-13-17-4-2-3-5-18(17)14-21(20)25(29-28-24)30-10-8-19(31)9-11-30;/h2-7,12-14,19,31H,8-11,15H2,1H3,(H,27,28);1H. The lowest BCUT2D eigenvalue weighted by atomic mass is 10.0. The van der Waals surface area contributed by atoms with E-state index in [-0.39, 0.29) is 18.5 Å². The van der Waals surface area contributed by atoms with Gasteiger partial charge in [0.25, 0.3) is 0 Å². The van der Waals surface area contributed by atoms with E-state index < -0.39 is 0 Å². The highest BCUT2D eigenvalue weighted by Crippen LogP contribution is 2.34. The van der Waals surface area contributed by atoms with E-state index in [1.165, 1.54) is 5.39 Å². The number of anilines is 2. The van der Waals surface area contributed by atoms with Crippen LogP contribution in [-0.2, 0) is 6.54 Å². The molecular formula is C25H26Cl2N4O2. The molecule has 6 nitrogen and oxygen atoms in total. The van der Waals surface area contributed by atoms with Gasteiger partial charge in [-0.25, -0.2) is 0 Å². The summed E-state index contributed by atoms with van der Waals surface area (Å²) >= 11 is 6.28. The minimum absolute atomic E-state index is 0. The monoisotopic (exact) mass is 484 g/mol. The number of aromatic nitrogens is 2. The quantitative estimate of drug-likeness (QED) is 0.367. The molecular weight excluding hydrogens is 459 g/mol. The third-order valence-corrected chi connectivity index (χ3v) is 6.36. The maximum Gasteiger partial charge on any atom is 0.159 e. The van der Waals surface area contributed by atoms with E-state index in [1.807, 2.05) is 30.3 Å². The Balaban J connectivity index is 0.00000259. The number of fused-ring (bicyclic) bond motifs is 2. The predicted octanol–water partition coefficient (Wildman–Crippen LogP) is 5.44. The highest BCUT2D eigenvalue weighted by Gasteiger charge is 2.21. The van der Waals surface area contributed by atoms with Gasteiger partial charge >= 0.3 is 0 Å². The first-order valence-corrected chi connectivity index (χ1v) is 11.2. The lowest BCUT2D eigenvalue weighted by molar-refractivity contribution is 0.145. The summed E-state index contributed by atoms with van der Waals surface area (Å²) in [6.07, 6.45) is 1.26. The molecule has 0 amide bonds. The number of rotatable bonds is 5. The van der Waals surface area contributed by atoms with Crippen LogP contribution in [0.5, 0.6) is 5.75 Å².